The van der Waals surface area contributed by atoms with Gasteiger partial charge < -0.3 is 19.1 Å². The SMILES string of the molecule is CCn1cnnc1CN(C)C(=O)C1C2C(=O)N(C3CCCCCC3)C[C@@]23C=C[C@@H]1O3. The Bertz CT molecular complexity index is 859. The number of aryl methyl sites for hydroxylation is 1. The molecule has 2 amide bonds. The summed E-state index contributed by atoms with van der Waals surface area (Å²) in [6.07, 6.45) is 12.4. The Labute approximate surface area is 177 Å². The molecule has 1 spiro atoms. The summed E-state index contributed by atoms with van der Waals surface area (Å²) in [4.78, 5) is 30.7. The van der Waals surface area contributed by atoms with Gasteiger partial charge in [-0.15, -0.1) is 10.2 Å². The number of fused-ring (bicyclic) bond motifs is 1. The largest absolute Gasteiger partial charge is 0.360 e. The van der Waals surface area contributed by atoms with Crippen molar-refractivity contribution in [2.45, 2.75) is 76.3 Å². The number of amides is 2. The van der Waals surface area contributed by atoms with Crippen molar-refractivity contribution in [3.8, 4) is 0 Å². The first-order valence-electron chi connectivity index (χ1n) is 11.3. The summed E-state index contributed by atoms with van der Waals surface area (Å²) < 4.78 is 8.24. The van der Waals surface area contributed by atoms with E-state index in [1.165, 1.54) is 25.7 Å². The molecule has 8 heteroatoms. The maximum absolute atomic E-state index is 13.6. The topological polar surface area (TPSA) is 80.6 Å². The molecule has 5 rings (SSSR count). The summed E-state index contributed by atoms with van der Waals surface area (Å²) in [6, 6.07) is 0.285. The van der Waals surface area contributed by atoms with E-state index in [4.69, 9.17) is 4.74 Å². The number of carbonyl (C=O) groups excluding carboxylic acids is 2. The molecule has 2 saturated heterocycles. The summed E-state index contributed by atoms with van der Waals surface area (Å²) in [6.45, 7) is 3.74. The van der Waals surface area contributed by atoms with Gasteiger partial charge in [0.2, 0.25) is 11.8 Å². The average Bonchev–Trinajstić information content (AvgIpc) is 3.45. The van der Waals surface area contributed by atoms with Crippen LogP contribution in [0, 0.1) is 11.8 Å². The molecule has 2 bridgehead atoms. The van der Waals surface area contributed by atoms with Gasteiger partial charge in [-0.3, -0.25) is 9.59 Å². The van der Waals surface area contributed by atoms with E-state index in [1.54, 1.807) is 18.3 Å². The second-order valence-electron chi connectivity index (χ2n) is 9.24. The zero-order valence-corrected chi connectivity index (χ0v) is 17.9. The van der Waals surface area contributed by atoms with Crippen molar-refractivity contribution in [3.05, 3.63) is 24.3 Å². The Morgan fingerprint density at radius 1 is 1.30 bits per heavy atom. The van der Waals surface area contributed by atoms with Crippen molar-refractivity contribution in [1.29, 1.82) is 0 Å². The van der Waals surface area contributed by atoms with Gasteiger partial charge in [0.1, 0.15) is 11.9 Å². The van der Waals surface area contributed by atoms with E-state index in [2.05, 4.69) is 16.3 Å². The molecule has 1 saturated carbocycles. The molecular weight excluding hydrogens is 382 g/mol. The second kappa shape index (κ2) is 7.48. The van der Waals surface area contributed by atoms with Crippen LogP contribution < -0.4 is 0 Å². The van der Waals surface area contributed by atoms with Gasteiger partial charge in [-0.05, 0) is 19.8 Å². The molecule has 0 aromatic carbocycles. The molecule has 162 valence electrons. The van der Waals surface area contributed by atoms with E-state index in [0.717, 1.165) is 25.2 Å². The van der Waals surface area contributed by atoms with Gasteiger partial charge in [0, 0.05) is 19.6 Å². The predicted octanol–water partition coefficient (Wildman–Crippen LogP) is 1.76. The van der Waals surface area contributed by atoms with Crippen LogP contribution in [0.4, 0.5) is 0 Å². The maximum Gasteiger partial charge on any atom is 0.230 e. The number of ether oxygens (including phenoxy) is 1. The third kappa shape index (κ3) is 2.99. The molecule has 2 unspecified atom stereocenters. The molecule has 4 atom stereocenters. The fourth-order valence-corrected chi connectivity index (χ4v) is 5.90. The number of nitrogens with zero attached hydrogens (tertiary/aromatic N) is 5. The van der Waals surface area contributed by atoms with E-state index in [9.17, 15) is 9.59 Å². The van der Waals surface area contributed by atoms with E-state index in [-0.39, 0.29) is 24.0 Å². The fraction of sp³-hybridized carbons (Fsp3) is 0.727. The van der Waals surface area contributed by atoms with Gasteiger partial charge in [-0.25, -0.2) is 0 Å². The normalized spacial score (nSPS) is 33.2. The lowest BCUT2D eigenvalue weighted by Gasteiger charge is -2.30. The van der Waals surface area contributed by atoms with E-state index >= 15 is 0 Å². The van der Waals surface area contributed by atoms with Crippen LogP contribution >= 0.6 is 0 Å². The molecule has 1 aromatic rings. The molecule has 4 aliphatic rings. The summed E-state index contributed by atoms with van der Waals surface area (Å²) in [7, 11) is 1.78. The van der Waals surface area contributed by atoms with E-state index < -0.39 is 17.4 Å². The molecule has 3 fully saturated rings. The zero-order chi connectivity index (χ0) is 20.9. The lowest BCUT2D eigenvalue weighted by Crippen LogP contribution is -2.45. The van der Waals surface area contributed by atoms with E-state index in [1.807, 2.05) is 22.5 Å². The van der Waals surface area contributed by atoms with Gasteiger partial charge in [0.25, 0.3) is 0 Å². The van der Waals surface area contributed by atoms with Crippen LogP contribution in [0.2, 0.25) is 0 Å². The molecule has 0 radical (unpaired) electrons. The molecule has 30 heavy (non-hydrogen) atoms. The summed E-state index contributed by atoms with van der Waals surface area (Å²) in [5.41, 5.74) is -0.626. The highest BCUT2D eigenvalue weighted by molar-refractivity contribution is 5.93. The number of hydrogen-bond acceptors (Lipinski definition) is 5. The third-order valence-electron chi connectivity index (χ3n) is 7.47. The summed E-state index contributed by atoms with van der Waals surface area (Å²) in [5.74, 6) is -0.0493. The second-order valence-corrected chi connectivity index (χ2v) is 9.24. The van der Waals surface area contributed by atoms with Crippen molar-refractivity contribution >= 4 is 11.8 Å². The Balaban J connectivity index is 1.36. The molecule has 4 heterocycles. The number of rotatable bonds is 5. The Hall–Kier alpha value is -2.22. The molecule has 1 aromatic heterocycles. The summed E-state index contributed by atoms with van der Waals surface area (Å²) >= 11 is 0. The number of likely N-dealkylation sites (tertiary alicyclic amines) is 1. The highest BCUT2D eigenvalue weighted by atomic mass is 16.5. The van der Waals surface area contributed by atoms with Crippen LogP contribution in [0.3, 0.4) is 0 Å². The average molecular weight is 414 g/mol. The van der Waals surface area contributed by atoms with Crippen LogP contribution in [-0.2, 0) is 27.4 Å². The van der Waals surface area contributed by atoms with Crippen LogP contribution in [0.25, 0.3) is 0 Å². The Morgan fingerprint density at radius 3 is 2.80 bits per heavy atom. The Morgan fingerprint density at radius 2 is 2.07 bits per heavy atom. The van der Waals surface area contributed by atoms with Crippen molar-refractivity contribution in [1.82, 2.24) is 24.6 Å². The zero-order valence-electron chi connectivity index (χ0n) is 17.9. The molecule has 1 aliphatic carbocycles. The maximum atomic E-state index is 13.6. The smallest absolute Gasteiger partial charge is 0.230 e. The van der Waals surface area contributed by atoms with Gasteiger partial charge in [-0.2, -0.15) is 0 Å². The highest BCUT2D eigenvalue weighted by Crippen LogP contribution is 2.53. The minimum atomic E-state index is -0.626. The first-order chi connectivity index (χ1) is 14.5. The molecule has 0 N–H and O–H groups in total. The summed E-state index contributed by atoms with van der Waals surface area (Å²) in [5, 5.41) is 8.10. The lowest BCUT2D eigenvalue weighted by molar-refractivity contribution is -0.143. The minimum Gasteiger partial charge on any atom is -0.360 e. The van der Waals surface area contributed by atoms with Gasteiger partial charge >= 0.3 is 0 Å². The number of aromatic nitrogens is 3. The van der Waals surface area contributed by atoms with Crippen LogP contribution in [0.1, 0.15) is 51.3 Å². The van der Waals surface area contributed by atoms with Gasteiger partial charge in [0.05, 0.1) is 31.0 Å². The van der Waals surface area contributed by atoms with Crippen LogP contribution in [0.15, 0.2) is 18.5 Å². The van der Waals surface area contributed by atoms with Crippen molar-refractivity contribution in [2.75, 3.05) is 13.6 Å². The van der Waals surface area contributed by atoms with Crippen LogP contribution in [0.5, 0.6) is 0 Å². The minimum absolute atomic E-state index is 0.0436. The first kappa shape index (κ1) is 19.7. The van der Waals surface area contributed by atoms with Crippen LogP contribution in [-0.4, -0.2) is 67.7 Å². The van der Waals surface area contributed by atoms with Gasteiger partial charge in [-0.1, -0.05) is 37.8 Å². The monoisotopic (exact) mass is 413 g/mol. The van der Waals surface area contributed by atoms with Crippen molar-refractivity contribution in [2.24, 2.45) is 11.8 Å². The third-order valence-corrected chi connectivity index (χ3v) is 7.47. The quantitative estimate of drug-likeness (QED) is 0.543. The number of hydrogen-bond donors (Lipinski definition) is 0. The fourth-order valence-electron chi connectivity index (χ4n) is 5.90. The molecular formula is C22H31N5O3. The molecule has 8 nitrogen and oxygen atoms in total. The number of carbonyl (C=O) groups is 2. The predicted molar refractivity (Wildman–Crippen MR) is 109 cm³/mol. The standard InChI is InChI=1S/C22H31N5O3/c1-3-26-14-23-24-17(26)12-25(2)20(28)18-16-10-11-22(30-16)13-27(21(29)19(18)22)15-8-6-4-5-7-9-15/h10-11,14-16,18-19H,3-9,12-13H2,1-2H3/t16-,18?,19?,22-/m0/s1. The molecule has 3 aliphatic heterocycles. The van der Waals surface area contributed by atoms with Crippen molar-refractivity contribution < 1.29 is 14.3 Å². The van der Waals surface area contributed by atoms with Crippen molar-refractivity contribution in [3.63, 3.8) is 0 Å². The Kier molecular flexibility index (Phi) is 4.92. The van der Waals surface area contributed by atoms with Gasteiger partial charge in [0.15, 0.2) is 5.82 Å². The van der Waals surface area contributed by atoms with E-state index in [0.29, 0.717) is 13.1 Å². The lowest BCUT2D eigenvalue weighted by atomic mass is 9.76. The highest BCUT2D eigenvalue weighted by Gasteiger charge is 2.67. The first-order valence-corrected chi connectivity index (χ1v) is 11.3.